The van der Waals surface area contributed by atoms with Crippen LogP contribution < -0.4 is 10.6 Å². The van der Waals surface area contributed by atoms with Gasteiger partial charge in [-0.1, -0.05) is 48.5 Å². The van der Waals surface area contributed by atoms with E-state index >= 15 is 0 Å². The van der Waals surface area contributed by atoms with Crippen LogP contribution in [0.1, 0.15) is 88.5 Å². The van der Waals surface area contributed by atoms with Crippen molar-refractivity contribution in [2.45, 2.75) is 112 Å². The number of nitrogens with one attached hydrogen (secondary N) is 2. The minimum absolute atomic E-state index is 0.0310. The number of likely N-dealkylation sites (tertiary alicyclic amines) is 1. The maximum absolute atomic E-state index is 13.5. The normalized spacial score (nSPS) is 17.3. The largest absolute Gasteiger partial charge is 0.463 e. The molecule has 3 amide bonds. The van der Waals surface area contributed by atoms with Crippen molar-refractivity contribution in [3.8, 4) is 0 Å². The van der Waals surface area contributed by atoms with E-state index in [2.05, 4.69) is 15.4 Å². The lowest BCUT2D eigenvalue weighted by atomic mass is 9.85. The fraction of sp³-hybridized carbons (Fsp3) is 0.808. The average Bonchev–Trinajstić information content (AvgIpc) is 3.24. The van der Waals surface area contributed by atoms with Gasteiger partial charge in [-0.2, -0.15) is 0 Å². The Morgan fingerprint density at radius 1 is 0.972 bits per heavy atom. The summed E-state index contributed by atoms with van der Waals surface area (Å²) in [6.45, 7) is 18.7. The summed E-state index contributed by atoms with van der Waals surface area (Å²) >= 11 is 0. The van der Waals surface area contributed by atoms with Gasteiger partial charge in [-0.25, -0.2) is 9.59 Å². The van der Waals surface area contributed by atoms with Crippen LogP contribution in [0.15, 0.2) is 0 Å². The van der Waals surface area contributed by atoms with E-state index in [1.54, 1.807) is 20.8 Å². The molecule has 1 fully saturated rings. The van der Waals surface area contributed by atoms with Crippen LogP contribution in [0.4, 0.5) is 4.79 Å². The standard InChI is InChI=1S/C24H41N3O7.C2H6/c1-14(2)13-15(17(28)21(31)33-9)25-19(29)16-11-10-12-27(16)20(30)18(23(3,4)5)26-22(32)34-24(6,7)8;1-2/h14-16,18H,10-13H2,1-9H3,(H,25,29)(H,26,32);1-2H3/t15?,16?,18-;/m1./s1. The van der Waals surface area contributed by atoms with Gasteiger partial charge in [0, 0.05) is 6.54 Å². The third-order valence-corrected chi connectivity index (χ3v) is 5.34. The summed E-state index contributed by atoms with van der Waals surface area (Å²) in [6.07, 6.45) is 0.529. The molecule has 3 atom stereocenters. The lowest BCUT2D eigenvalue weighted by molar-refractivity contribution is -0.153. The Balaban J connectivity index is 0.00000596. The number of nitrogens with zero attached hydrogens (tertiary/aromatic N) is 1. The summed E-state index contributed by atoms with van der Waals surface area (Å²) in [4.78, 5) is 64.6. The number of esters is 1. The second-order valence-corrected chi connectivity index (χ2v) is 11.2. The molecule has 208 valence electrons. The Morgan fingerprint density at radius 3 is 1.97 bits per heavy atom. The molecular weight excluding hydrogens is 466 g/mol. The number of hydrogen-bond donors (Lipinski definition) is 2. The first-order chi connectivity index (χ1) is 16.5. The van der Waals surface area contributed by atoms with Crippen molar-refractivity contribution < 1.29 is 33.4 Å². The molecule has 0 aromatic heterocycles. The third kappa shape index (κ3) is 10.5. The van der Waals surface area contributed by atoms with Crippen LogP contribution in [0.3, 0.4) is 0 Å². The SMILES string of the molecule is CC.COC(=O)C(=O)C(CC(C)C)NC(=O)C1CCCN1C(=O)[C@@H](NC(=O)OC(C)(C)C)C(C)(C)C. The summed E-state index contributed by atoms with van der Waals surface area (Å²) in [6, 6.07) is -2.80. The van der Waals surface area contributed by atoms with Crippen LogP contribution in [0.5, 0.6) is 0 Å². The quantitative estimate of drug-likeness (QED) is 0.376. The highest BCUT2D eigenvalue weighted by Crippen LogP contribution is 2.26. The van der Waals surface area contributed by atoms with Crippen LogP contribution in [-0.4, -0.2) is 71.9 Å². The van der Waals surface area contributed by atoms with Crippen molar-refractivity contribution in [3.05, 3.63) is 0 Å². The first-order valence-electron chi connectivity index (χ1n) is 12.7. The van der Waals surface area contributed by atoms with Crippen molar-refractivity contribution in [2.24, 2.45) is 11.3 Å². The highest BCUT2D eigenvalue weighted by molar-refractivity contribution is 6.36. The molecule has 0 aromatic rings. The van der Waals surface area contributed by atoms with Crippen LogP contribution in [0.2, 0.25) is 0 Å². The fourth-order valence-electron chi connectivity index (χ4n) is 3.76. The molecule has 1 heterocycles. The Hall–Kier alpha value is -2.65. The molecule has 1 rings (SSSR count). The van der Waals surface area contributed by atoms with Crippen LogP contribution in [0, 0.1) is 11.3 Å². The monoisotopic (exact) mass is 513 g/mol. The van der Waals surface area contributed by atoms with Crippen molar-refractivity contribution >= 4 is 29.7 Å². The molecule has 1 aliphatic heterocycles. The number of methoxy groups -OCH3 is 1. The third-order valence-electron chi connectivity index (χ3n) is 5.34. The van der Waals surface area contributed by atoms with Crippen molar-refractivity contribution in [1.82, 2.24) is 15.5 Å². The second kappa shape index (κ2) is 14.2. The topological polar surface area (TPSA) is 131 Å². The number of amides is 3. The van der Waals surface area contributed by atoms with Crippen LogP contribution >= 0.6 is 0 Å². The Kier molecular flexibility index (Phi) is 13.1. The molecule has 0 spiro atoms. The van der Waals surface area contributed by atoms with Gasteiger partial charge < -0.3 is 25.0 Å². The Labute approximate surface area is 216 Å². The summed E-state index contributed by atoms with van der Waals surface area (Å²) < 4.78 is 9.84. The van der Waals surface area contributed by atoms with E-state index in [0.717, 1.165) is 7.11 Å². The first-order valence-corrected chi connectivity index (χ1v) is 12.7. The van der Waals surface area contributed by atoms with E-state index in [1.807, 2.05) is 48.5 Å². The predicted octanol–water partition coefficient (Wildman–Crippen LogP) is 3.22. The zero-order chi connectivity index (χ0) is 28.4. The van der Waals surface area contributed by atoms with Crippen LogP contribution in [-0.2, 0) is 28.7 Å². The first kappa shape index (κ1) is 33.4. The summed E-state index contributed by atoms with van der Waals surface area (Å²) in [5, 5.41) is 5.30. The highest BCUT2D eigenvalue weighted by atomic mass is 16.6. The van der Waals surface area contributed by atoms with Crippen molar-refractivity contribution in [1.29, 1.82) is 0 Å². The molecule has 0 bridgehead atoms. The molecule has 2 unspecified atom stereocenters. The van der Waals surface area contributed by atoms with Crippen molar-refractivity contribution in [3.63, 3.8) is 0 Å². The number of ketones is 1. The van der Waals surface area contributed by atoms with Gasteiger partial charge >= 0.3 is 12.1 Å². The van der Waals surface area contributed by atoms with Gasteiger partial charge in [-0.15, -0.1) is 0 Å². The predicted molar refractivity (Wildman–Crippen MR) is 137 cm³/mol. The molecule has 1 saturated heterocycles. The summed E-state index contributed by atoms with van der Waals surface area (Å²) in [5.41, 5.74) is -1.39. The van der Waals surface area contributed by atoms with Gasteiger partial charge in [-0.3, -0.25) is 14.4 Å². The number of rotatable bonds is 8. The number of ether oxygens (including phenoxy) is 2. The number of carbonyl (C=O) groups is 5. The molecule has 0 aromatic carbocycles. The highest BCUT2D eigenvalue weighted by Gasteiger charge is 2.43. The summed E-state index contributed by atoms with van der Waals surface area (Å²) in [7, 11) is 1.11. The van der Waals surface area contributed by atoms with Gasteiger partial charge in [0.1, 0.15) is 17.7 Å². The summed E-state index contributed by atoms with van der Waals surface area (Å²) in [5.74, 6) is -2.75. The van der Waals surface area contributed by atoms with Gasteiger partial charge in [-0.05, 0) is 51.4 Å². The van der Waals surface area contributed by atoms with Gasteiger partial charge in [0.2, 0.25) is 11.8 Å². The number of carbonyl (C=O) groups excluding carboxylic acids is 5. The van der Waals surface area contributed by atoms with E-state index in [4.69, 9.17) is 4.74 Å². The Bertz CT molecular complexity index is 781. The van der Waals surface area contributed by atoms with Gasteiger partial charge in [0.25, 0.3) is 5.78 Å². The Morgan fingerprint density at radius 2 is 1.53 bits per heavy atom. The molecule has 2 N–H and O–H groups in total. The lowest BCUT2D eigenvalue weighted by Crippen LogP contribution is -2.59. The van der Waals surface area contributed by atoms with E-state index in [9.17, 15) is 24.0 Å². The number of alkyl carbamates (subject to hydrolysis) is 1. The number of Topliss-reactive ketones (excluding diaryl/α,β-unsaturated/α-hetero) is 1. The maximum atomic E-state index is 13.5. The fourth-order valence-corrected chi connectivity index (χ4v) is 3.76. The van der Waals surface area contributed by atoms with E-state index < -0.39 is 58.8 Å². The van der Waals surface area contributed by atoms with E-state index in [-0.39, 0.29) is 12.3 Å². The molecule has 1 aliphatic rings. The van der Waals surface area contributed by atoms with E-state index in [0.29, 0.717) is 19.4 Å². The van der Waals surface area contributed by atoms with Crippen LogP contribution in [0.25, 0.3) is 0 Å². The van der Waals surface area contributed by atoms with E-state index in [1.165, 1.54) is 4.90 Å². The lowest BCUT2D eigenvalue weighted by Gasteiger charge is -2.36. The average molecular weight is 514 g/mol. The zero-order valence-corrected chi connectivity index (χ0v) is 23.9. The molecule has 10 nitrogen and oxygen atoms in total. The molecule has 0 saturated carbocycles. The maximum Gasteiger partial charge on any atom is 0.408 e. The number of hydrogen-bond acceptors (Lipinski definition) is 7. The zero-order valence-electron chi connectivity index (χ0n) is 23.9. The molecule has 0 aliphatic carbocycles. The molecular formula is C26H47N3O7. The van der Waals surface area contributed by atoms with Crippen molar-refractivity contribution in [2.75, 3.05) is 13.7 Å². The minimum atomic E-state index is -1.05. The minimum Gasteiger partial charge on any atom is -0.463 e. The molecule has 10 heteroatoms. The smallest absolute Gasteiger partial charge is 0.408 e. The second-order valence-electron chi connectivity index (χ2n) is 11.2. The van der Waals surface area contributed by atoms with Gasteiger partial charge in [0.15, 0.2) is 0 Å². The molecule has 36 heavy (non-hydrogen) atoms. The molecule has 0 radical (unpaired) electrons. The van der Waals surface area contributed by atoms with Gasteiger partial charge in [0.05, 0.1) is 13.2 Å².